The van der Waals surface area contributed by atoms with Crippen LogP contribution >= 0.6 is 12.2 Å². The molecule has 1 saturated heterocycles. The van der Waals surface area contributed by atoms with E-state index in [-0.39, 0.29) is 5.91 Å². The average Bonchev–Trinajstić information content (AvgIpc) is 2.54. The van der Waals surface area contributed by atoms with E-state index in [1.807, 2.05) is 19.1 Å². The number of amides is 1. The Kier molecular flexibility index (Phi) is 5.99. The monoisotopic (exact) mass is 306 g/mol. The normalized spacial score (nSPS) is 14.6. The summed E-state index contributed by atoms with van der Waals surface area (Å²) >= 11 is 5.32. The van der Waals surface area contributed by atoms with Crippen LogP contribution in [0, 0.1) is 0 Å². The molecule has 114 valence electrons. The molecule has 0 atom stereocenters. The van der Waals surface area contributed by atoms with Crippen LogP contribution in [-0.4, -0.2) is 35.6 Å². The van der Waals surface area contributed by atoms with Crippen LogP contribution in [0.1, 0.15) is 43.0 Å². The number of rotatable bonds is 4. The number of piperidine rings is 1. The molecule has 0 radical (unpaired) electrons. The predicted molar refractivity (Wildman–Crippen MR) is 87.7 cm³/mol. The highest BCUT2D eigenvalue weighted by atomic mass is 32.1. The Labute approximate surface area is 131 Å². The highest BCUT2D eigenvalue weighted by Gasteiger charge is 2.16. The summed E-state index contributed by atoms with van der Waals surface area (Å²) in [6.45, 7) is 4.56. The van der Waals surface area contributed by atoms with Crippen LogP contribution in [0.3, 0.4) is 0 Å². The lowest BCUT2D eigenvalue weighted by Gasteiger charge is -2.28. The van der Waals surface area contributed by atoms with Crippen LogP contribution in [0.5, 0.6) is 5.75 Å². The van der Waals surface area contributed by atoms with Crippen LogP contribution in [-0.2, 0) is 0 Å². The molecule has 1 aromatic rings. The lowest BCUT2D eigenvalue weighted by atomic mass is 10.1. The number of carbonyl (C=O) groups excluding carboxylic acids is 1. The zero-order valence-corrected chi connectivity index (χ0v) is 13.2. The Morgan fingerprint density at radius 3 is 2.81 bits per heavy atom. The van der Waals surface area contributed by atoms with Gasteiger partial charge in [-0.1, -0.05) is 13.0 Å². The van der Waals surface area contributed by atoms with Gasteiger partial charge in [0.05, 0.1) is 6.61 Å². The summed E-state index contributed by atoms with van der Waals surface area (Å²) in [5, 5.41) is 3.34. The fourth-order valence-corrected chi connectivity index (χ4v) is 2.57. The minimum atomic E-state index is -0.174. The third-order valence-corrected chi connectivity index (χ3v) is 3.79. The van der Waals surface area contributed by atoms with E-state index in [9.17, 15) is 4.79 Å². The van der Waals surface area contributed by atoms with Crippen LogP contribution in [0.25, 0.3) is 0 Å². The van der Waals surface area contributed by atoms with Crippen molar-refractivity contribution in [1.29, 1.82) is 0 Å². The maximum atomic E-state index is 12.2. The second-order valence-corrected chi connectivity index (χ2v) is 5.57. The van der Waals surface area contributed by atoms with Gasteiger partial charge in [-0.15, -0.1) is 0 Å². The molecule has 1 heterocycles. The Morgan fingerprint density at radius 2 is 2.10 bits per heavy atom. The number of nitrogens with one attached hydrogen (secondary N) is 1. The average molecular weight is 306 g/mol. The van der Waals surface area contributed by atoms with Gasteiger partial charge < -0.3 is 9.64 Å². The lowest BCUT2D eigenvalue weighted by Crippen LogP contribution is -2.44. The molecule has 1 aliphatic rings. The number of hydrogen-bond acceptors (Lipinski definition) is 3. The second-order valence-electron chi connectivity index (χ2n) is 5.18. The van der Waals surface area contributed by atoms with E-state index < -0.39 is 0 Å². The largest absolute Gasteiger partial charge is 0.494 e. The number of hydrogen-bond donors (Lipinski definition) is 1. The number of likely N-dealkylation sites (tertiary alicyclic amines) is 1. The molecule has 1 N–H and O–H groups in total. The lowest BCUT2D eigenvalue weighted by molar-refractivity contribution is 0.0972. The van der Waals surface area contributed by atoms with Crippen LogP contribution < -0.4 is 10.1 Å². The van der Waals surface area contributed by atoms with Crippen molar-refractivity contribution in [2.45, 2.75) is 32.6 Å². The van der Waals surface area contributed by atoms with Gasteiger partial charge in [0.25, 0.3) is 5.91 Å². The molecular formula is C16H22N2O2S. The Balaban J connectivity index is 1.94. The maximum Gasteiger partial charge on any atom is 0.257 e. The number of nitrogens with zero attached hydrogens (tertiary/aromatic N) is 1. The SMILES string of the molecule is CCCOc1cccc(C(=O)NC(=S)N2CCCCC2)c1. The van der Waals surface area contributed by atoms with Gasteiger partial charge in [0.15, 0.2) is 5.11 Å². The highest BCUT2D eigenvalue weighted by Crippen LogP contribution is 2.14. The molecule has 0 saturated carbocycles. The van der Waals surface area contributed by atoms with E-state index in [1.165, 1.54) is 6.42 Å². The molecule has 2 rings (SSSR count). The van der Waals surface area contributed by atoms with Crippen molar-refractivity contribution in [3.8, 4) is 5.75 Å². The molecule has 1 aromatic carbocycles. The van der Waals surface area contributed by atoms with E-state index in [0.717, 1.165) is 32.4 Å². The van der Waals surface area contributed by atoms with E-state index in [1.54, 1.807) is 12.1 Å². The van der Waals surface area contributed by atoms with Crippen LogP contribution in [0.4, 0.5) is 0 Å². The number of thiocarbonyl (C=S) groups is 1. The van der Waals surface area contributed by atoms with E-state index >= 15 is 0 Å². The number of ether oxygens (including phenoxy) is 1. The summed E-state index contributed by atoms with van der Waals surface area (Å²) in [5.41, 5.74) is 0.572. The zero-order chi connectivity index (χ0) is 15.1. The minimum Gasteiger partial charge on any atom is -0.494 e. The first kappa shape index (κ1) is 15.8. The van der Waals surface area contributed by atoms with Gasteiger partial charge >= 0.3 is 0 Å². The fraction of sp³-hybridized carbons (Fsp3) is 0.500. The van der Waals surface area contributed by atoms with Gasteiger partial charge in [-0.05, 0) is 56.1 Å². The summed E-state index contributed by atoms with van der Waals surface area (Å²) in [4.78, 5) is 14.3. The Bertz CT molecular complexity index is 499. The first-order valence-electron chi connectivity index (χ1n) is 7.54. The Hall–Kier alpha value is -1.62. The quantitative estimate of drug-likeness (QED) is 0.868. The van der Waals surface area contributed by atoms with E-state index in [4.69, 9.17) is 17.0 Å². The summed E-state index contributed by atoms with van der Waals surface area (Å²) < 4.78 is 5.54. The summed E-state index contributed by atoms with van der Waals surface area (Å²) in [6, 6.07) is 7.20. The van der Waals surface area contributed by atoms with Crippen molar-refractivity contribution >= 4 is 23.2 Å². The molecule has 5 heteroatoms. The molecule has 0 bridgehead atoms. The van der Waals surface area contributed by atoms with Gasteiger partial charge in [0, 0.05) is 18.7 Å². The van der Waals surface area contributed by atoms with Crippen molar-refractivity contribution in [2.24, 2.45) is 0 Å². The van der Waals surface area contributed by atoms with Crippen LogP contribution in [0.2, 0.25) is 0 Å². The zero-order valence-electron chi connectivity index (χ0n) is 12.4. The van der Waals surface area contributed by atoms with Gasteiger partial charge in [-0.3, -0.25) is 10.1 Å². The van der Waals surface area contributed by atoms with Gasteiger partial charge in [-0.25, -0.2) is 0 Å². The topological polar surface area (TPSA) is 41.6 Å². The maximum absolute atomic E-state index is 12.2. The van der Waals surface area contributed by atoms with Gasteiger partial charge in [-0.2, -0.15) is 0 Å². The summed E-state index contributed by atoms with van der Waals surface area (Å²) in [5.74, 6) is 0.543. The van der Waals surface area contributed by atoms with Crippen LogP contribution in [0.15, 0.2) is 24.3 Å². The van der Waals surface area contributed by atoms with Gasteiger partial charge in [0.1, 0.15) is 5.75 Å². The first-order chi connectivity index (χ1) is 10.2. The van der Waals surface area contributed by atoms with Crippen molar-refractivity contribution in [3.63, 3.8) is 0 Å². The number of carbonyl (C=O) groups is 1. The molecular weight excluding hydrogens is 284 g/mol. The predicted octanol–water partition coefficient (Wildman–Crippen LogP) is 2.98. The van der Waals surface area contributed by atoms with Crippen molar-refractivity contribution < 1.29 is 9.53 Å². The summed E-state index contributed by atoms with van der Waals surface area (Å²) in [6.07, 6.45) is 4.45. The molecule has 0 aromatic heterocycles. The van der Waals surface area contributed by atoms with Crippen molar-refractivity contribution in [2.75, 3.05) is 19.7 Å². The molecule has 0 spiro atoms. The molecule has 4 nitrogen and oxygen atoms in total. The number of benzene rings is 1. The molecule has 21 heavy (non-hydrogen) atoms. The van der Waals surface area contributed by atoms with E-state index in [2.05, 4.69) is 10.2 Å². The van der Waals surface area contributed by atoms with Crippen molar-refractivity contribution in [3.05, 3.63) is 29.8 Å². The molecule has 1 aliphatic heterocycles. The highest BCUT2D eigenvalue weighted by molar-refractivity contribution is 7.80. The fourth-order valence-electron chi connectivity index (χ4n) is 2.29. The smallest absolute Gasteiger partial charge is 0.257 e. The minimum absolute atomic E-state index is 0.174. The molecule has 1 fully saturated rings. The molecule has 0 unspecified atom stereocenters. The summed E-state index contributed by atoms with van der Waals surface area (Å²) in [7, 11) is 0. The second kappa shape index (κ2) is 7.98. The Morgan fingerprint density at radius 1 is 1.33 bits per heavy atom. The third kappa shape index (κ3) is 4.70. The first-order valence-corrected chi connectivity index (χ1v) is 7.94. The standard InChI is InChI=1S/C16H22N2O2S/c1-2-11-20-14-8-6-7-13(12-14)15(19)17-16(21)18-9-4-3-5-10-18/h6-8,12H,2-5,9-11H2,1H3,(H,17,19,21). The third-order valence-electron chi connectivity index (χ3n) is 3.43. The molecule has 1 amide bonds. The molecule has 0 aliphatic carbocycles. The van der Waals surface area contributed by atoms with E-state index in [0.29, 0.717) is 23.0 Å². The van der Waals surface area contributed by atoms with Gasteiger partial charge in [0.2, 0.25) is 0 Å². The van der Waals surface area contributed by atoms with Crippen molar-refractivity contribution in [1.82, 2.24) is 10.2 Å².